The van der Waals surface area contributed by atoms with Crippen LogP contribution in [0.1, 0.15) is 29.9 Å². The Morgan fingerprint density at radius 3 is 2.53 bits per heavy atom. The topological polar surface area (TPSA) is 112 Å². The molecule has 2 aromatic carbocycles. The van der Waals surface area contributed by atoms with Crippen LogP contribution in [0.5, 0.6) is 17.2 Å². The van der Waals surface area contributed by atoms with Crippen LogP contribution in [0.25, 0.3) is 11.3 Å². The van der Waals surface area contributed by atoms with Crippen molar-refractivity contribution in [1.82, 2.24) is 15.6 Å². The lowest BCUT2D eigenvalue weighted by atomic mass is 10.1. The van der Waals surface area contributed by atoms with Gasteiger partial charge in [0.15, 0.2) is 11.5 Å². The minimum Gasteiger partial charge on any atom is -0.507 e. The molecule has 168 valence electrons. The molecule has 9 nitrogen and oxygen atoms in total. The molecule has 0 aliphatic carbocycles. The molecular weight excluding hydrogens is 410 g/mol. The predicted molar refractivity (Wildman–Crippen MR) is 124 cm³/mol. The summed E-state index contributed by atoms with van der Waals surface area (Å²) in [6.07, 6.45) is 1.39. The second kappa shape index (κ2) is 10.3. The first-order chi connectivity index (χ1) is 15.5. The van der Waals surface area contributed by atoms with Gasteiger partial charge in [0.25, 0.3) is 5.91 Å². The maximum atomic E-state index is 12.4. The fraction of sp³-hybridized carbons (Fsp3) is 0.261. The summed E-state index contributed by atoms with van der Waals surface area (Å²) < 4.78 is 10.5. The summed E-state index contributed by atoms with van der Waals surface area (Å²) in [7, 11) is 3.12. The number of ether oxygens (including phenoxy) is 2. The summed E-state index contributed by atoms with van der Waals surface area (Å²) >= 11 is 0. The number of carbonyl (C=O) groups is 1. The maximum absolute atomic E-state index is 12.4. The van der Waals surface area contributed by atoms with E-state index in [0.717, 1.165) is 24.3 Å². The summed E-state index contributed by atoms with van der Waals surface area (Å²) in [5.74, 6) is 0.798. The van der Waals surface area contributed by atoms with Crippen LogP contribution in [-0.4, -0.2) is 54.7 Å². The highest BCUT2D eigenvalue weighted by molar-refractivity contribution is 5.94. The predicted octanol–water partition coefficient (Wildman–Crippen LogP) is 3.41. The van der Waals surface area contributed by atoms with Crippen molar-refractivity contribution in [2.24, 2.45) is 5.10 Å². The lowest BCUT2D eigenvalue weighted by Crippen LogP contribution is -2.21. The molecule has 0 saturated heterocycles. The molecule has 3 N–H and O–H groups in total. The van der Waals surface area contributed by atoms with Gasteiger partial charge in [0.2, 0.25) is 0 Å². The number of aromatic hydroxyl groups is 1. The van der Waals surface area contributed by atoms with Crippen molar-refractivity contribution in [3.05, 3.63) is 53.7 Å². The molecule has 0 aliphatic heterocycles. The Morgan fingerprint density at radius 1 is 1.12 bits per heavy atom. The van der Waals surface area contributed by atoms with Crippen LogP contribution in [-0.2, 0) is 0 Å². The van der Waals surface area contributed by atoms with Crippen LogP contribution in [0, 0.1) is 0 Å². The Labute approximate surface area is 186 Å². The molecule has 3 rings (SSSR count). The monoisotopic (exact) mass is 437 g/mol. The van der Waals surface area contributed by atoms with E-state index in [1.54, 1.807) is 44.6 Å². The van der Waals surface area contributed by atoms with E-state index in [-0.39, 0.29) is 11.4 Å². The van der Waals surface area contributed by atoms with Gasteiger partial charge in [0.1, 0.15) is 11.4 Å². The number of hydrogen-bond acceptors (Lipinski definition) is 7. The van der Waals surface area contributed by atoms with Crippen LogP contribution in [0.4, 0.5) is 5.69 Å². The number of nitrogens with zero attached hydrogens (tertiary/aromatic N) is 3. The molecular formula is C23H27N5O4. The van der Waals surface area contributed by atoms with Gasteiger partial charge in [-0.3, -0.25) is 9.89 Å². The molecule has 3 aromatic rings. The molecule has 32 heavy (non-hydrogen) atoms. The van der Waals surface area contributed by atoms with Crippen LogP contribution in [0.15, 0.2) is 47.6 Å². The van der Waals surface area contributed by atoms with E-state index in [1.165, 1.54) is 6.21 Å². The number of rotatable bonds is 9. The Kier molecular flexibility index (Phi) is 7.33. The van der Waals surface area contributed by atoms with E-state index in [4.69, 9.17) is 9.47 Å². The molecule has 0 bridgehead atoms. The van der Waals surface area contributed by atoms with E-state index >= 15 is 0 Å². The van der Waals surface area contributed by atoms with Gasteiger partial charge >= 0.3 is 0 Å². The molecule has 0 atom stereocenters. The molecule has 0 unspecified atom stereocenters. The summed E-state index contributed by atoms with van der Waals surface area (Å²) in [4.78, 5) is 14.5. The maximum Gasteiger partial charge on any atom is 0.289 e. The Morgan fingerprint density at radius 2 is 1.88 bits per heavy atom. The Bertz CT molecular complexity index is 1110. The number of aromatic amines is 1. The van der Waals surface area contributed by atoms with E-state index in [9.17, 15) is 9.90 Å². The summed E-state index contributed by atoms with van der Waals surface area (Å²) in [6, 6.07) is 12.3. The number of carbonyl (C=O) groups excluding carboxylic acids is 1. The number of anilines is 1. The van der Waals surface area contributed by atoms with Crippen LogP contribution in [0.3, 0.4) is 0 Å². The van der Waals surface area contributed by atoms with Gasteiger partial charge in [-0.05, 0) is 50.2 Å². The first-order valence-corrected chi connectivity index (χ1v) is 10.2. The lowest BCUT2D eigenvalue weighted by molar-refractivity contribution is 0.0950. The van der Waals surface area contributed by atoms with E-state index in [1.807, 2.05) is 12.1 Å². The van der Waals surface area contributed by atoms with Gasteiger partial charge in [0, 0.05) is 36.0 Å². The largest absolute Gasteiger partial charge is 0.507 e. The second-order valence-electron chi connectivity index (χ2n) is 6.85. The van der Waals surface area contributed by atoms with Crippen LogP contribution in [0.2, 0.25) is 0 Å². The number of phenols is 1. The van der Waals surface area contributed by atoms with Crippen molar-refractivity contribution in [3.63, 3.8) is 0 Å². The first kappa shape index (κ1) is 22.7. The molecule has 0 saturated carbocycles. The summed E-state index contributed by atoms with van der Waals surface area (Å²) in [5.41, 5.74) is 5.44. The normalized spacial score (nSPS) is 10.9. The number of hydrazone groups is 1. The van der Waals surface area contributed by atoms with Gasteiger partial charge in [-0.1, -0.05) is 0 Å². The van der Waals surface area contributed by atoms with E-state index in [0.29, 0.717) is 22.8 Å². The molecule has 9 heteroatoms. The number of amides is 1. The number of hydrogen-bond donors (Lipinski definition) is 3. The third kappa shape index (κ3) is 5.00. The number of methoxy groups -OCH3 is 2. The SMILES string of the molecule is CCN(CC)c1ccc(/C=N/NC(=O)c2cc(-c3ccc(OC)c(OC)c3)n[nH]2)c(O)c1. The molecule has 0 fully saturated rings. The van der Waals surface area contributed by atoms with Crippen molar-refractivity contribution < 1.29 is 19.4 Å². The number of benzene rings is 2. The zero-order valence-electron chi connectivity index (χ0n) is 18.5. The van der Waals surface area contributed by atoms with E-state index in [2.05, 4.69) is 39.5 Å². The third-order valence-electron chi connectivity index (χ3n) is 5.01. The average molecular weight is 438 g/mol. The molecule has 0 radical (unpaired) electrons. The van der Waals surface area contributed by atoms with Crippen molar-refractivity contribution >= 4 is 17.8 Å². The standard InChI is InChI=1S/C23H27N5O4/c1-5-28(6-2)17-9-7-16(20(29)12-17)14-24-27-23(30)19-13-18(25-26-19)15-8-10-21(31-3)22(11-15)32-4/h7-14,29H,5-6H2,1-4H3,(H,25,26)(H,27,30)/b24-14+. The lowest BCUT2D eigenvalue weighted by Gasteiger charge is -2.21. The second-order valence-corrected chi connectivity index (χ2v) is 6.85. The smallest absolute Gasteiger partial charge is 0.289 e. The van der Waals surface area contributed by atoms with Crippen molar-refractivity contribution in [3.8, 4) is 28.5 Å². The van der Waals surface area contributed by atoms with Crippen molar-refractivity contribution in [2.75, 3.05) is 32.2 Å². The molecule has 1 heterocycles. The van der Waals surface area contributed by atoms with Gasteiger partial charge in [-0.15, -0.1) is 0 Å². The molecule has 0 spiro atoms. The fourth-order valence-corrected chi connectivity index (χ4v) is 3.23. The quantitative estimate of drug-likeness (QED) is 0.349. The highest BCUT2D eigenvalue weighted by atomic mass is 16.5. The van der Waals surface area contributed by atoms with Gasteiger partial charge in [0.05, 0.1) is 26.1 Å². The first-order valence-electron chi connectivity index (χ1n) is 10.2. The summed E-state index contributed by atoms with van der Waals surface area (Å²) in [5, 5.41) is 21.1. The van der Waals surface area contributed by atoms with Crippen LogP contribution >= 0.6 is 0 Å². The van der Waals surface area contributed by atoms with Gasteiger partial charge in [-0.2, -0.15) is 10.2 Å². The van der Waals surface area contributed by atoms with Crippen LogP contribution < -0.4 is 19.8 Å². The Balaban J connectivity index is 1.67. The summed E-state index contributed by atoms with van der Waals surface area (Å²) in [6.45, 7) is 5.79. The number of aromatic nitrogens is 2. The highest BCUT2D eigenvalue weighted by Gasteiger charge is 2.13. The third-order valence-corrected chi connectivity index (χ3v) is 5.01. The number of phenolic OH excluding ortho intramolecular Hbond substituents is 1. The molecule has 1 aromatic heterocycles. The number of nitrogens with one attached hydrogen (secondary N) is 2. The van der Waals surface area contributed by atoms with Crippen molar-refractivity contribution in [1.29, 1.82) is 0 Å². The highest BCUT2D eigenvalue weighted by Crippen LogP contribution is 2.31. The molecule has 1 amide bonds. The minimum atomic E-state index is -0.459. The van der Waals surface area contributed by atoms with Gasteiger partial charge < -0.3 is 19.5 Å². The minimum absolute atomic E-state index is 0.0877. The fourth-order valence-electron chi connectivity index (χ4n) is 3.23. The Hall–Kier alpha value is -4.01. The average Bonchev–Trinajstić information content (AvgIpc) is 3.31. The van der Waals surface area contributed by atoms with Gasteiger partial charge in [-0.25, -0.2) is 5.43 Å². The van der Waals surface area contributed by atoms with E-state index < -0.39 is 5.91 Å². The number of H-pyrrole nitrogens is 1. The zero-order chi connectivity index (χ0) is 23.1. The zero-order valence-corrected chi connectivity index (χ0v) is 18.5. The molecule has 0 aliphatic rings. The van der Waals surface area contributed by atoms with Crippen molar-refractivity contribution in [2.45, 2.75) is 13.8 Å².